The number of hydrogen-bond donors (Lipinski definition) is 0. The maximum absolute atomic E-state index is 2.57. The Bertz CT molecular complexity index is 251. The molecular formula is C19H36. The van der Waals surface area contributed by atoms with Crippen LogP contribution in [0, 0.1) is 29.6 Å². The molecule has 0 aromatic rings. The fourth-order valence-electron chi connectivity index (χ4n) is 3.15. The normalized spacial score (nSPS) is 28.5. The van der Waals surface area contributed by atoms with Crippen molar-refractivity contribution in [1.29, 1.82) is 0 Å². The monoisotopic (exact) mass is 264 g/mol. The first kappa shape index (κ1) is 16.8. The largest absolute Gasteiger partial charge is 0.0851 e. The molecule has 0 N–H and O–H groups in total. The Morgan fingerprint density at radius 1 is 1.05 bits per heavy atom. The van der Waals surface area contributed by atoms with E-state index >= 15 is 0 Å². The summed E-state index contributed by atoms with van der Waals surface area (Å²) in [7, 11) is 0. The van der Waals surface area contributed by atoms with E-state index in [2.05, 4.69) is 46.8 Å². The summed E-state index contributed by atoms with van der Waals surface area (Å²) in [5, 5.41) is 0. The Morgan fingerprint density at radius 3 is 2.42 bits per heavy atom. The molecule has 4 unspecified atom stereocenters. The maximum atomic E-state index is 2.57. The molecule has 0 aromatic carbocycles. The minimum atomic E-state index is 0.804. The standard InChI is InChI=1S/C19H36/c1-6-18(14-17(5)15(2)3)12-13-19-9-7-8-16(4)10-11-19/h12-13,15-19H,6-11,14H2,1-5H3. The predicted octanol–water partition coefficient (Wildman–Crippen LogP) is 6.47. The van der Waals surface area contributed by atoms with Gasteiger partial charge < -0.3 is 0 Å². The van der Waals surface area contributed by atoms with Gasteiger partial charge in [0.15, 0.2) is 0 Å². The molecule has 1 aliphatic carbocycles. The molecule has 4 atom stereocenters. The minimum Gasteiger partial charge on any atom is -0.0851 e. The Hall–Kier alpha value is -0.260. The molecule has 0 aliphatic heterocycles. The zero-order valence-corrected chi connectivity index (χ0v) is 14.0. The predicted molar refractivity (Wildman–Crippen MR) is 87.3 cm³/mol. The summed E-state index contributed by atoms with van der Waals surface area (Å²) < 4.78 is 0. The van der Waals surface area contributed by atoms with Crippen LogP contribution in [-0.2, 0) is 0 Å². The molecule has 0 bridgehead atoms. The first-order valence-corrected chi connectivity index (χ1v) is 8.71. The van der Waals surface area contributed by atoms with Gasteiger partial charge in [-0.2, -0.15) is 0 Å². The fourth-order valence-corrected chi connectivity index (χ4v) is 3.15. The zero-order chi connectivity index (χ0) is 14.3. The van der Waals surface area contributed by atoms with E-state index in [0.717, 1.165) is 29.6 Å². The lowest BCUT2D eigenvalue weighted by atomic mass is 9.85. The molecule has 112 valence electrons. The van der Waals surface area contributed by atoms with E-state index in [1.807, 2.05) is 0 Å². The van der Waals surface area contributed by atoms with Gasteiger partial charge in [0.05, 0.1) is 0 Å². The number of allylic oxidation sites excluding steroid dienone is 2. The topological polar surface area (TPSA) is 0 Å². The van der Waals surface area contributed by atoms with Crippen LogP contribution in [0.2, 0.25) is 0 Å². The van der Waals surface area contributed by atoms with Crippen molar-refractivity contribution in [2.45, 2.75) is 79.6 Å². The van der Waals surface area contributed by atoms with Crippen molar-refractivity contribution in [2.24, 2.45) is 29.6 Å². The lowest BCUT2D eigenvalue weighted by Gasteiger charge is -2.20. The van der Waals surface area contributed by atoms with Gasteiger partial charge in [-0.15, -0.1) is 0 Å². The maximum Gasteiger partial charge on any atom is -0.0233 e. The lowest BCUT2D eigenvalue weighted by Crippen LogP contribution is -2.09. The number of rotatable bonds is 6. The van der Waals surface area contributed by atoms with Crippen LogP contribution in [-0.4, -0.2) is 0 Å². The van der Waals surface area contributed by atoms with Gasteiger partial charge in [-0.05, 0) is 55.3 Å². The van der Waals surface area contributed by atoms with Gasteiger partial charge in [0.1, 0.15) is 0 Å². The summed E-state index contributed by atoms with van der Waals surface area (Å²) in [6.07, 6.45) is 15.0. The molecule has 0 nitrogen and oxygen atoms in total. The summed E-state index contributed by atoms with van der Waals surface area (Å²) in [4.78, 5) is 0. The summed E-state index contributed by atoms with van der Waals surface area (Å²) in [5.41, 5.74) is 0. The van der Waals surface area contributed by atoms with Crippen molar-refractivity contribution in [2.75, 3.05) is 0 Å². The van der Waals surface area contributed by atoms with Gasteiger partial charge in [-0.1, -0.05) is 66.0 Å². The van der Waals surface area contributed by atoms with Gasteiger partial charge in [0.2, 0.25) is 0 Å². The molecule has 1 aliphatic rings. The summed E-state index contributed by atoms with van der Waals surface area (Å²) in [6.45, 7) is 11.9. The Labute approximate surface area is 122 Å². The van der Waals surface area contributed by atoms with Gasteiger partial charge in [0.25, 0.3) is 0 Å². The molecule has 0 spiro atoms. The van der Waals surface area contributed by atoms with E-state index in [-0.39, 0.29) is 0 Å². The molecule has 0 heteroatoms. The highest BCUT2D eigenvalue weighted by atomic mass is 14.2. The molecule has 1 saturated carbocycles. The van der Waals surface area contributed by atoms with Crippen LogP contribution in [0.4, 0.5) is 0 Å². The van der Waals surface area contributed by atoms with Gasteiger partial charge in [-0.3, -0.25) is 0 Å². The van der Waals surface area contributed by atoms with E-state index in [1.165, 1.54) is 44.9 Å². The molecule has 0 amide bonds. The van der Waals surface area contributed by atoms with Crippen LogP contribution >= 0.6 is 0 Å². The Balaban J connectivity index is 2.43. The van der Waals surface area contributed by atoms with Gasteiger partial charge in [0, 0.05) is 0 Å². The summed E-state index contributed by atoms with van der Waals surface area (Å²) in [5.74, 6) is 4.30. The van der Waals surface area contributed by atoms with E-state index in [9.17, 15) is 0 Å². The van der Waals surface area contributed by atoms with Crippen molar-refractivity contribution in [3.05, 3.63) is 12.2 Å². The quantitative estimate of drug-likeness (QED) is 0.381. The van der Waals surface area contributed by atoms with Crippen LogP contribution in [0.15, 0.2) is 12.2 Å². The van der Waals surface area contributed by atoms with Gasteiger partial charge >= 0.3 is 0 Å². The van der Waals surface area contributed by atoms with Crippen molar-refractivity contribution < 1.29 is 0 Å². The van der Waals surface area contributed by atoms with Crippen molar-refractivity contribution in [1.82, 2.24) is 0 Å². The van der Waals surface area contributed by atoms with Crippen LogP contribution in [0.1, 0.15) is 79.6 Å². The molecule has 19 heavy (non-hydrogen) atoms. The smallest absolute Gasteiger partial charge is 0.0233 e. The first-order valence-electron chi connectivity index (χ1n) is 8.71. The van der Waals surface area contributed by atoms with Gasteiger partial charge in [-0.25, -0.2) is 0 Å². The van der Waals surface area contributed by atoms with Crippen molar-refractivity contribution in [3.63, 3.8) is 0 Å². The molecule has 0 heterocycles. The van der Waals surface area contributed by atoms with E-state index in [4.69, 9.17) is 0 Å². The fraction of sp³-hybridized carbons (Fsp3) is 0.895. The lowest BCUT2D eigenvalue weighted by molar-refractivity contribution is 0.343. The van der Waals surface area contributed by atoms with E-state index < -0.39 is 0 Å². The SMILES string of the molecule is CCC(C=CC1CCCC(C)CC1)CC(C)C(C)C. The highest BCUT2D eigenvalue weighted by Gasteiger charge is 2.15. The molecule has 0 aromatic heterocycles. The van der Waals surface area contributed by atoms with E-state index in [0.29, 0.717) is 0 Å². The Morgan fingerprint density at radius 2 is 1.79 bits per heavy atom. The average Bonchev–Trinajstić information content (AvgIpc) is 2.58. The molecule has 0 saturated heterocycles. The van der Waals surface area contributed by atoms with E-state index in [1.54, 1.807) is 0 Å². The highest BCUT2D eigenvalue weighted by Crippen LogP contribution is 2.29. The highest BCUT2D eigenvalue weighted by molar-refractivity contribution is 4.94. The summed E-state index contributed by atoms with van der Waals surface area (Å²) in [6, 6.07) is 0. The third-order valence-electron chi connectivity index (χ3n) is 5.29. The molecule has 1 rings (SSSR count). The second kappa shape index (κ2) is 8.82. The molecular weight excluding hydrogens is 228 g/mol. The van der Waals surface area contributed by atoms with Crippen LogP contribution in [0.3, 0.4) is 0 Å². The van der Waals surface area contributed by atoms with Crippen molar-refractivity contribution in [3.8, 4) is 0 Å². The second-order valence-electron chi connectivity index (χ2n) is 7.38. The van der Waals surface area contributed by atoms with Crippen LogP contribution in [0.5, 0.6) is 0 Å². The zero-order valence-electron chi connectivity index (χ0n) is 14.0. The number of hydrogen-bond acceptors (Lipinski definition) is 0. The van der Waals surface area contributed by atoms with Crippen LogP contribution < -0.4 is 0 Å². The van der Waals surface area contributed by atoms with Crippen molar-refractivity contribution >= 4 is 0 Å². The third kappa shape index (κ3) is 6.63. The third-order valence-corrected chi connectivity index (χ3v) is 5.29. The molecule has 0 radical (unpaired) electrons. The average molecular weight is 264 g/mol. The summed E-state index contributed by atoms with van der Waals surface area (Å²) >= 11 is 0. The van der Waals surface area contributed by atoms with Crippen LogP contribution in [0.25, 0.3) is 0 Å². The minimum absolute atomic E-state index is 0.804. The Kier molecular flexibility index (Phi) is 7.80. The second-order valence-corrected chi connectivity index (χ2v) is 7.38. The first-order chi connectivity index (χ1) is 9.02. The molecule has 1 fully saturated rings.